The Morgan fingerprint density at radius 2 is 1.95 bits per heavy atom. The molecule has 1 heterocycles. The highest BCUT2D eigenvalue weighted by atomic mass is 16.2. The maximum Gasteiger partial charge on any atom is 0.260 e. The van der Waals surface area contributed by atoms with Crippen LogP contribution < -0.4 is 15.5 Å². The third-order valence-corrected chi connectivity index (χ3v) is 3.68. The SMILES string of the molecule is CCNc1c(N(C)C)cc2cccc3c2c1C(=O)NC3=O. The van der Waals surface area contributed by atoms with Gasteiger partial charge in [-0.25, -0.2) is 0 Å². The summed E-state index contributed by atoms with van der Waals surface area (Å²) < 4.78 is 0. The average Bonchev–Trinajstić information content (AvgIpc) is 2.44. The second-order valence-electron chi connectivity index (χ2n) is 5.26. The van der Waals surface area contributed by atoms with Crippen molar-refractivity contribution in [3.8, 4) is 0 Å². The van der Waals surface area contributed by atoms with Crippen molar-refractivity contribution >= 4 is 34.0 Å². The molecule has 0 aliphatic carbocycles. The molecule has 5 heteroatoms. The first-order chi connectivity index (χ1) is 10.0. The number of hydrogen-bond donors (Lipinski definition) is 2. The lowest BCUT2D eigenvalue weighted by Gasteiger charge is -2.25. The highest BCUT2D eigenvalue weighted by Gasteiger charge is 2.29. The van der Waals surface area contributed by atoms with E-state index < -0.39 is 0 Å². The minimum atomic E-state index is -0.344. The number of nitrogens with zero attached hydrogens (tertiary/aromatic N) is 1. The molecule has 0 atom stereocenters. The van der Waals surface area contributed by atoms with Gasteiger partial charge < -0.3 is 10.2 Å². The summed E-state index contributed by atoms with van der Waals surface area (Å²) in [5.41, 5.74) is 2.80. The zero-order valence-electron chi connectivity index (χ0n) is 12.3. The van der Waals surface area contributed by atoms with Gasteiger partial charge in [-0.2, -0.15) is 0 Å². The molecule has 0 aromatic heterocycles. The molecule has 0 fully saturated rings. The molecule has 1 aliphatic heterocycles. The first-order valence-electron chi connectivity index (χ1n) is 6.91. The smallest absolute Gasteiger partial charge is 0.260 e. The van der Waals surface area contributed by atoms with Gasteiger partial charge in [-0.15, -0.1) is 0 Å². The third-order valence-electron chi connectivity index (χ3n) is 3.68. The van der Waals surface area contributed by atoms with E-state index in [1.807, 2.05) is 44.1 Å². The van der Waals surface area contributed by atoms with Crippen molar-refractivity contribution in [1.29, 1.82) is 0 Å². The number of anilines is 2. The van der Waals surface area contributed by atoms with Crippen molar-refractivity contribution in [2.45, 2.75) is 6.92 Å². The second kappa shape index (κ2) is 4.77. The van der Waals surface area contributed by atoms with Gasteiger partial charge in [0.25, 0.3) is 11.8 Å². The summed E-state index contributed by atoms with van der Waals surface area (Å²) in [6.45, 7) is 2.68. The van der Waals surface area contributed by atoms with Crippen LogP contribution in [0.25, 0.3) is 10.8 Å². The molecule has 0 radical (unpaired) electrons. The summed E-state index contributed by atoms with van der Waals surface area (Å²) in [4.78, 5) is 26.3. The van der Waals surface area contributed by atoms with Crippen LogP contribution >= 0.6 is 0 Å². The standard InChI is InChI=1S/C16H17N3O2/c1-4-17-14-11(19(2)3)8-9-6-5-7-10-12(9)13(14)16(21)18-15(10)20/h5-8,17H,4H2,1-3H3,(H,18,20,21). The largest absolute Gasteiger partial charge is 0.383 e. The van der Waals surface area contributed by atoms with E-state index >= 15 is 0 Å². The first-order valence-corrected chi connectivity index (χ1v) is 6.91. The van der Waals surface area contributed by atoms with Crippen LogP contribution in [-0.4, -0.2) is 32.5 Å². The van der Waals surface area contributed by atoms with E-state index in [0.29, 0.717) is 17.7 Å². The monoisotopic (exact) mass is 283 g/mol. The Labute approximate surface area is 122 Å². The molecule has 0 unspecified atom stereocenters. The fourth-order valence-electron chi connectivity index (χ4n) is 2.80. The molecule has 2 aromatic rings. The van der Waals surface area contributed by atoms with Crippen molar-refractivity contribution in [2.75, 3.05) is 30.9 Å². The van der Waals surface area contributed by atoms with E-state index in [2.05, 4.69) is 10.6 Å². The summed E-state index contributed by atoms with van der Waals surface area (Å²) in [5.74, 6) is -0.679. The van der Waals surface area contributed by atoms with Gasteiger partial charge in [-0.1, -0.05) is 12.1 Å². The predicted molar refractivity (Wildman–Crippen MR) is 84.2 cm³/mol. The first kappa shape index (κ1) is 13.4. The molecule has 0 spiro atoms. The van der Waals surface area contributed by atoms with Gasteiger partial charge in [0.15, 0.2) is 0 Å². The van der Waals surface area contributed by atoms with Crippen molar-refractivity contribution in [3.05, 3.63) is 35.4 Å². The van der Waals surface area contributed by atoms with Gasteiger partial charge in [0, 0.05) is 31.6 Å². The molecule has 0 bridgehead atoms. The number of hydrogen-bond acceptors (Lipinski definition) is 4. The number of nitrogens with one attached hydrogen (secondary N) is 2. The molecule has 0 saturated carbocycles. The maximum atomic E-state index is 12.4. The molecule has 0 saturated heterocycles. The molecule has 2 amide bonds. The van der Waals surface area contributed by atoms with E-state index in [1.165, 1.54) is 0 Å². The van der Waals surface area contributed by atoms with Crippen molar-refractivity contribution < 1.29 is 9.59 Å². The summed E-state index contributed by atoms with van der Waals surface area (Å²) in [5, 5.41) is 7.31. The quantitative estimate of drug-likeness (QED) is 0.848. The molecule has 2 N–H and O–H groups in total. The average molecular weight is 283 g/mol. The molecular weight excluding hydrogens is 266 g/mol. The lowest BCUT2D eigenvalue weighted by molar-refractivity contribution is 0.0845. The number of carbonyl (C=O) groups excluding carboxylic acids is 2. The highest BCUT2D eigenvalue weighted by molar-refractivity contribution is 6.28. The summed E-state index contributed by atoms with van der Waals surface area (Å²) in [6.07, 6.45) is 0. The van der Waals surface area contributed by atoms with Crippen LogP contribution in [0.15, 0.2) is 24.3 Å². The van der Waals surface area contributed by atoms with Gasteiger partial charge in [0.2, 0.25) is 0 Å². The van der Waals surface area contributed by atoms with Crippen LogP contribution in [0.2, 0.25) is 0 Å². The highest BCUT2D eigenvalue weighted by Crippen LogP contribution is 2.38. The second-order valence-corrected chi connectivity index (χ2v) is 5.26. The van der Waals surface area contributed by atoms with E-state index in [0.717, 1.165) is 22.1 Å². The van der Waals surface area contributed by atoms with Gasteiger partial charge in [0.05, 0.1) is 16.9 Å². The fourth-order valence-corrected chi connectivity index (χ4v) is 2.80. The summed E-state index contributed by atoms with van der Waals surface area (Å²) in [7, 11) is 3.87. The van der Waals surface area contributed by atoms with Gasteiger partial charge in [0.1, 0.15) is 0 Å². The Hall–Kier alpha value is -2.56. The van der Waals surface area contributed by atoms with Crippen LogP contribution in [0.4, 0.5) is 11.4 Å². The van der Waals surface area contributed by atoms with Crippen molar-refractivity contribution in [3.63, 3.8) is 0 Å². The van der Waals surface area contributed by atoms with Gasteiger partial charge >= 0.3 is 0 Å². The molecule has 3 rings (SSSR count). The van der Waals surface area contributed by atoms with E-state index in [9.17, 15) is 9.59 Å². The van der Waals surface area contributed by atoms with E-state index in [-0.39, 0.29) is 11.8 Å². The Kier molecular flexibility index (Phi) is 3.05. The minimum absolute atomic E-state index is 0.335. The molecule has 108 valence electrons. The summed E-state index contributed by atoms with van der Waals surface area (Å²) >= 11 is 0. The Balaban J connectivity index is 2.47. The topological polar surface area (TPSA) is 61.4 Å². The van der Waals surface area contributed by atoms with Crippen LogP contribution in [0.1, 0.15) is 27.6 Å². The van der Waals surface area contributed by atoms with Crippen LogP contribution in [0.3, 0.4) is 0 Å². The van der Waals surface area contributed by atoms with Crippen molar-refractivity contribution in [1.82, 2.24) is 5.32 Å². The molecule has 5 nitrogen and oxygen atoms in total. The van der Waals surface area contributed by atoms with E-state index in [1.54, 1.807) is 6.07 Å². The number of imide groups is 1. The summed E-state index contributed by atoms with van der Waals surface area (Å²) in [6, 6.07) is 7.52. The zero-order valence-corrected chi connectivity index (χ0v) is 12.3. The molecule has 21 heavy (non-hydrogen) atoms. The predicted octanol–water partition coefficient (Wildman–Crippen LogP) is 2.22. The number of carbonyl (C=O) groups is 2. The number of benzene rings is 2. The van der Waals surface area contributed by atoms with Crippen LogP contribution in [-0.2, 0) is 0 Å². The number of rotatable bonds is 3. The lowest BCUT2D eigenvalue weighted by Crippen LogP contribution is -2.35. The van der Waals surface area contributed by atoms with Gasteiger partial charge in [-0.05, 0) is 24.4 Å². The molecular formula is C16H17N3O2. The van der Waals surface area contributed by atoms with Crippen LogP contribution in [0.5, 0.6) is 0 Å². The van der Waals surface area contributed by atoms with Crippen molar-refractivity contribution in [2.24, 2.45) is 0 Å². The Morgan fingerprint density at radius 1 is 1.19 bits per heavy atom. The lowest BCUT2D eigenvalue weighted by atomic mass is 9.92. The third kappa shape index (κ3) is 1.93. The normalized spacial score (nSPS) is 13.3. The Morgan fingerprint density at radius 3 is 2.62 bits per heavy atom. The van der Waals surface area contributed by atoms with E-state index in [4.69, 9.17) is 0 Å². The molecule has 1 aliphatic rings. The molecule has 2 aromatic carbocycles. The minimum Gasteiger partial charge on any atom is -0.383 e. The zero-order chi connectivity index (χ0) is 15.1. The maximum absolute atomic E-state index is 12.4. The number of amides is 2. The van der Waals surface area contributed by atoms with Crippen LogP contribution in [0, 0.1) is 0 Å². The van der Waals surface area contributed by atoms with Gasteiger partial charge in [-0.3, -0.25) is 14.9 Å². The fraction of sp³-hybridized carbons (Fsp3) is 0.250. The Bertz CT molecular complexity index is 766.